The zero-order valence-electron chi connectivity index (χ0n) is 9.36. The maximum Gasteiger partial charge on any atom is 0.411 e. The summed E-state index contributed by atoms with van der Waals surface area (Å²) < 4.78 is 40.8. The van der Waals surface area contributed by atoms with Crippen LogP contribution in [0.15, 0.2) is 18.2 Å². The summed E-state index contributed by atoms with van der Waals surface area (Å²) in [5.74, 6) is 0. The third-order valence-electron chi connectivity index (χ3n) is 1.98. The van der Waals surface area contributed by atoms with Gasteiger partial charge < -0.3 is 10.1 Å². The van der Waals surface area contributed by atoms with Crippen LogP contribution in [0.3, 0.4) is 0 Å². The minimum Gasteiger partial charge on any atom is -0.384 e. The number of ether oxygens (including phenoxy) is 1. The summed E-state index contributed by atoms with van der Waals surface area (Å²) in [6.45, 7) is -0.558. The predicted octanol–water partition coefficient (Wildman–Crippen LogP) is 4.33. The standard InChI is InChI=1S/C11H12ClF3INO/c12-8-2-3-10(9(16)6-8)17-4-1-5-18-7-11(13,14)15/h2-3,6,17H,1,4-5,7H2. The van der Waals surface area contributed by atoms with E-state index < -0.39 is 12.8 Å². The Morgan fingerprint density at radius 3 is 2.67 bits per heavy atom. The van der Waals surface area contributed by atoms with Crippen LogP contribution in [0.5, 0.6) is 0 Å². The van der Waals surface area contributed by atoms with Gasteiger partial charge in [-0.1, -0.05) is 11.6 Å². The maximum absolute atomic E-state index is 11.8. The van der Waals surface area contributed by atoms with Crippen LogP contribution in [0.25, 0.3) is 0 Å². The Balaban J connectivity index is 2.18. The molecule has 1 aromatic carbocycles. The average molecular weight is 394 g/mol. The number of benzene rings is 1. The Hall–Kier alpha value is -0.210. The third kappa shape index (κ3) is 6.65. The number of hydrogen-bond donors (Lipinski definition) is 1. The molecular formula is C11H12ClF3INO. The Kier molecular flexibility index (Phi) is 6.51. The van der Waals surface area contributed by atoms with Gasteiger partial charge in [-0.25, -0.2) is 0 Å². The lowest BCUT2D eigenvalue weighted by Crippen LogP contribution is -2.18. The molecule has 0 radical (unpaired) electrons. The van der Waals surface area contributed by atoms with Crippen LogP contribution < -0.4 is 5.32 Å². The van der Waals surface area contributed by atoms with Gasteiger partial charge in [0, 0.05) is 27.4 Å². The highest BCUT2D eigenvalue weighted by Crippen LogP contribution is 2.22. The van der Waals surface area contributed by atoms with Crippen LogP contribution in [-0.4, -0.2) is 25.9 Å². The monoisotopic (exact) mass is 393 g/mol. The normalized spacial score (nSPS) is 11.6. The molecule has 0 saturated carbocycles. The quantitative estimate of drug-likeness (QED) is 0.574. The van der Waals surface area contributed by atoms with Gasteiger partial charge >= 0.3 is 6.18 Å². The molecule has 1 rings (SSSR count). The van der Waals surface area contributed by atoms with E-state index in [2.05, 4.69) is 32.6 Å². The van der Waals surface area contributed by atoms with Crippen molar-refractivity contribution in [3.05, 3.63) is 26.8 Å². The van der Waals surface area contributed by atoms with Gasteiger partial charge in [0.1, 0.15) is 6.61 Å². The molecule has 0 heterocycles. The Labute approximate surface area is 122 Å². The highest BCUT2D eigenvalue weighted by molar-refractivity contribution is 14.1. The second-order valence-electron chi connectivity index (χ2n) is 3.57. The molecule has 0 aliphatic rings. The number of nitrogens with one attached hydrogen (secondary N) is 1. The van der Waals surface area contributed by atoms with Crippen LogP contribution in [0.4, 0.5) is 18.9 Å². The van der Waals surface area contributed by atoms with Gasteiger partial charge in [-0.05, 0) is 47.2 Å². The van der Waals surface area contributed by atoms with Crippen LogP contribution in [0.2, 0.25) is 5.02 Å². The molecule has 0 aromatic heterocycles. The average Bonchev–Trinajstić information content (AvgIpc) is 2.24. The molecule has 0 bridgehead atoms. The molecule has 1 N–H and O–H groups in total. The molecule has 0 atom stereocenters. The van der Waals surface area contributed by atoms with Crippen molar-refractivity contribution in [1.29, 1.82) is 0 Å². The smallest absolute Gasteiger partial charge is 0.384 e. The van der Waals surface area contributed by atoms with Crippen molar-refractivity contribution in [1.82, 2.24) is 0 Å². The lowest BCUT2D eigenvalue weighted by Gasteiger charge is -2.10. The summed E-state index contributed by atoms with van der Waals surface area (Å²) in [5, 5.41) is 3.76. The van der Waals surface area contributed by atoms with Crippen LogP contribution in [-0.2, 0) is 4.74 Å². The number of alkyl halides is 3. The van der Waals surface area contributed by atoms with E-state index in [9.17, 15) is 13.2 Å². The van der Waals surface area contributed by atoms with Gasteiger partial charge in [0.15, 0.2) is 0 Å². The molecule has 7 heteroatoms. The lowest BCUT2D eigenvalue weighted by atomic mass is 10.3. The molecule has 18 heavy (non-hydrogen) atoms. The topological polar surface area (TPSA) is 21.3 Å². The van der Waals surface area contributed by atoms with Crippen molar-refractivity contribution in [2.45, 2.75) is 12.6 Å². The Morgan fingerprint density at radius 2 is 2.06 bits per heavy atom. The van der Waals surface area contributed by atoms with E-state index in [0.717, 1.165) is 9.26 Å². The molecule has 0 amide bonds. The van der Waals surface area contributed by atoms with Gasteiger partial charge in [-0.2, -0.15) is 13.2 Å². The molecule has 0 spiro atoms. The van der Waals surface area contributed by atoms with Gasteiger partial charge in [0.2, 0.25) is 0 Å². The second-order valence-corrected chi connectivity index (χ2v) is 5.17. The fourth-order valence-corrected chi connectivity index (χ4v) is 2.28. The first kappa shape index (κ1) is 15.8. The van der Waals surface area contributed by atoms with Gasteiger partial charge in [0.25, 0.3) is 0 Å². The van der Waals surface area contributed by atoms with Crippen molar-refractivity contribution < 1.29 is 17.9 Å². The maximum atomic E-state index is 11.8. The molecule has 1 aromatic rings. The van der Waals surface area contributed by atoms with E-state index in [1.54, 1.807) is 6.07 Å². The van der Waals surface area contributed by atoms with E-state index >= 15 is 0 Å². The van der Waals surface area contributed by atoms with Crippen molar-refractivity contribution >= 4 is 39.9 Å². The van der Waals surface area contributed by atoms with E-state index in [0.29, 0.717) is 18.0 Å². The Morgan fingerprint density at radius 1 is 1.33 bits per heavy atom. The van der Waals surface area contributed by atoms with E-state index in [-0.39, 0.29) is 6.61 Å². The van der Waals surface area contributed by atoms with Gasteiger partial charge in [-0.15, -0.1) is 0 Å². The summed E-state index contributed by atoms with van der Waals surface area (Å²) in [7, 11) is 0. The fourth-order valence-electron chi connectivity index (χ4n) is 1.22. The van der Waals surface area contributed by atoms with Gasteiger partial charge in [0.05, 0.1) is 0 Å². The number of anilines is 1. The number of rotatable bonds is 6. The SMILES string of the molecule is FC(F)(F)COCCCNc1ccc(Cl)cc1I. The first-order valence-electron chi connectivity index (χ1n) is 5.22. The fraction of sp³-hybridized carbons (Fsp3) is 0.455. The summed E-state index contributed by atoms with van der Waals surface area (Å²) in [6.07, 6.45) is -3.74. The molecule has 0 aliphatic heterocycles. The van der Waals surface area contributed by atoms with E-state index in [1.807, 2.05) is 12.1 Å². The molecule has 0 unspecified atom stereocenters. The first-order chi connectivity index (χ1) is 8.38. The van der Waals surface area contributed by atoms with Crippen LogP contribution in [0.1, 0.15) is 6.42 Å². The molecule has 0 aliphatic carbocycles. The highest BCUT2D eigenvalue weighted by atomic mass is 127. The summed E-state index contributed by atoms with van der Waals surface area (Å²) in [5.41, 5.74) is 0.913. The van der Waals surface area contributed by atoms with E-state index in [1.165, 1.54) is 0 Å². The zero-order chi connectivity index (χ0) is 13.6. The molecule has 2 nitrogen and oxygen atoms in total. The van der Waals surface area contributed by atoms with Crippen LogP contribution >= 0.6 is 34.2 Å². The van der Waals surface area contributed by atoms with Crippen LogP contribution in [0, 0.1) is 3.57 Å². The van der Waals surface area contributed by atoms with Crippen molar-refractivity contribution in [3.63, 3.8) is 0 Å². The minimum absolute atomic E-state index is 0.0800. The summed E-state index contributed by atoms with van der Waals surface area (Å²) in [6, 6.07) is 5.40. The number of hydrogen-bond acceptors (Lipinski definition) is 2. The molecule has 102 valence electrons. The van der Waals surface area contributed by atoms with E-state index in [4.69, 9.17) is 11.6 Å². The molecular weight excluding hydrogens is 381 g/mol. The predicted molar refractivity (Wildman–Crippen MR) is 74.1 cm³/mol. The number of halogens is 5. The first-order valence-corrected chi connectivity index (χ1v) is 6.67. The largest absolute Gasteiger partial charge is 0.411 e. The molecule has 0 fully saturated rings. The lowest BCUT2D eigenvalue weighted by molar-refractivity contribution is -0.173. The molecule has 0 saturated heterocycles. The van der Waals surface area contributed by atoms with Crippen molar-refractivity contribution in [2.75, 3.05) is 25.1 Å². The van der Waals surface area contributed by atoms with Crippen molar-refractivity contribution in [3.8, 4) is 0 Å². The summed E-state index contributed by atoms with van der Waals surface area (Å²) in [4.78, 5) is 0. The second kappa shape index (κ2) is 7.40. The minimum atomic E-state index is -4.25. The Bertz CT molecular complexity index is 387. The van der Waals surface area contributed by atoms with Crippen molar-refractivity contribution in [2.24, 2.45) is 0 Å². The summed E-state index contributed by atoms with van der Waals surface area (Å²) >= 11 is 7.94. The zero-order valence-corrected chi connectivity index (χ0v) is 12.3. The van der Waals surface area contributed by atoms with Gasteiger partial charge in [-0.3, -0.25) is 0 Å². The third-order valence-corrected chi connectivity index (χ3v) is 3.11. The highest BCUT2D eigenvalue weighted by Gasteiger charge is 2.27.